The Morgan fingerprint density at radius 3 is 1.76 bits per heavy atom. The van der Waals surface area contributed by atoms with Crippen LogP contribution in [0.5, 0.6) is 11.5 Å². The number of hydrogen-bond donors (Lipinski definition) is 2. The van der Waals surface area contributed by atoms with Crippen molar-refractivity contribution >= 4 is 0 Å². The maximum Gasteiger partial charge on any atom is 0.162 e. The molecule has 0 fully saturated rings. The molecule has 29 heavy (non-hydrogen) atoms. The Morgan fingerprint density at radius 1 is 0.690 bits per heavy atom. The molecule has 0 heterocycles. The van der Waals surface area contributed by atoms with Crippen molar-refractivity contribution < 1.29 is 23.4 Å². The third-order valence-corrected chi connectivity index (χ3v) is 4.24. The summed E-state index contributed by atoms with van der Waals surface area (Å²) in [5, 5.41) is 12.0. The first-order valence-corrected chi connectivity index (χ1v) is 9.33. The molecule has 0 aliphatic heterocycles. The highest BCUT2D eigenvalue weighted by molar-refractivity contribution is 5.43. The molecule has 152 valence electrons. The first-order chi connectivity index (χ1) is 14.1. The molecule has 0 amide bonds. The van der Waals surface area contributed by atoms with E-state index in [1.54, 1.807) is 24.3 Å². The molecule has 0 saturated heterocycles. The van der Waals surface area contributed by atoms with Crippen LogP contribution in [0.1, 0.15) is 16.7 Å². The Morgan fingerprint density at radius 2 is 1.21 bits per heavy atom. The summed E-state index contributed by atoms with van der Waals surface area (Å²) < 4.78 is 38.0. The van der Waals surface area contributed by atoms with Gasteiger partial charge in [-0.25, -0.2) is 8.78 Å². The van der Waals surface area contributed by atoms with Gasteiger partial charge in [-0.1, -0.05) is 30.3 Å². The number of aliphatic hydroxyl groups is 1. The van der Waals surface area contributed by atoms with Gasteiger partial charge in [-0.05, 0) is 53.1 Å². The number of benzene rings is 3. The van der Waals surface area contributed by atoms with E-state index in [0.717, 1.165) is 16.7 Å². The van der Waals surface area contributed by atoms with Crippen LogP contribution in [0.4, 0.5) is 8.78 Å². The van der Waals surface area contributed by atoms with Crippen LogP contribution in [-0.4, -0.2) is 18.3 Å². The lowest BCUT2D eigenvalue weighted by atomic mass is 10.2. The highest BCUT2D eigenvalue weighted by Crippen LogP contribution is 2.30. The van der Waals surface area contributed by atoms with Crippen LogP contribution in [0.2, 0.25) is 0 Å². The van der Waals surface area contributed by atoms with Gasteiger partial charge in [-0.15, -0.1) is 0 Å². The van der Waals surface area contributed by atoms with E-state index in [1.807, 2.05) is 18.2 Å². The van der Waals surface area contributed by atoms with Gasteiger partial charge in [0.25, 0.3) is 0 Å². The van der Waals surface area contributed by atoms with Gasteiger partial charge in [0.2, 0.25) is 0 Å². The fourth-order valence-corrected chi connectivity index (χ4v) is 2.69. The Balaban J connectivity index is 1.71. The second-order valence-corrected chi connectivity index (χ2v) is 6.51. The Bertz CT molecular complexity index is 899. The van der Waals surface area contributed by atoms with Crippen molar-refractivity contribution in [1.29, 1.82) is 0 Å². The molecule has 3 rings (SSSR count). The zero-order chi connectivity index (χ0) is 20.5. The highest BCUT2D eigenvalue weighted by Gasteiger charge is 2.09. The molecule has 0 aliphatic rings. The monoisotopic (exact) mass is 399 g/mol. The summed E-state index contributed by atoms with van der Waals surface area (Å²) in [6, 6.07) is 17.8. The standard InChI is InChI=1S/C23H23F2NO3/c24-20-6-1-17(2-7-20)15-28-22-10-5-19(14-26-11-12-27)13-23(22)29-16-18-3-8-21(25)9-4-18/h1-10,13,26-27H,11-12,14-16H2. The summed E-state index contributed by atoms with van der Waals surface area (Å²) in [6.07, 6.45) is 0. The minimum Gasteiger partial charge on any atom is -0.485 e. The number of rotatable bonds is 10. The summed E-state index contributed by atoms with van der Waals surface area (Å²) in [5.74, 6) is 0.521. The van der Waals surface area contributed by atoms with Crippen molar-refractivity contribution in [1.82, 2.24) is 5.32 Å². The predicted octanol–water partition coefficient (Wildman–Crippen LogP) is 4.20. The third kappa shape index (κ3) is 6.55. The number of aliphatic hydroxyl groups excluding tert-OH is 1. The van der Waals surface area contributed by atoms with Crippen LogP contribution in [0.25, 0.3) is 0 Å². The van der Waals surface area contributed by atoms with E-state index in [2.05, 4.69) is 5.32 Å². The summed E-state index contributed by atoms with van der Waals surface area (Å²) in [7, 11) is 0. The summed E-state index contributed by atoms with van der Waals surface area (Å²) in [5.41, 5.74) is 2.64. The Labute approximate surface area is 168 Å². The molecular formula is C23H23F2NO3. The first-order valence-electron chi connectivity index (χ1n) is 9.33. The van der Waals surface area contributed by atoms with Crippen LogP contribution in [0, 0.1) is 11.6 Å². The van der Waals surface area contributed by atoms with Crippen molar-refractivity contribution in [3.8, 4) is 11.5 Å². The van der Waals surface area contributed by atoms with Crippen LogP contribution in [-0.2, 0) is 19.8 Å². The normalized spacial score (nSPS) is 10.7. The average molecular weight is 399 g/mol. The largest absolute Gasteiger partial charge is 0.485 e. The molecule has 0 atom stereocenters. The molecule has 3 aromatic carbocycles. The van der Waals surface area contributed by atoms with Gasteiger partial charge in [0, 0.05) is 13.1 Å². The van der Waals surface area contributed by atoms with E-state index < -0.39 is 0 Å². The van der Waals surface area contributed by atoms with Gasteiger partial charge in [-0.3, -0.25) is 0 Å². The molecule has 0 unspecified atom stereocenters. The highest BCUT2D eigenvalue weighted by atomic mass is 19.1. The maximum absolute atomic E-state index is 13.1. The van der Waals surface area contributed by atoms with Gasteiger partial charge >= 0.3 is 0 Å². The molecule has 0 bridgehead atoms. The summed E-state index contributed by atoms with van der Waals surface area (Å²) in [6.45, 7) is 1.67. The number of ether oxygens (including phenoxy) is 2. The molecular weight excluding hydrogens is 376 g/mol. The van der Waals surface area contributed by atoms with E-state index in [-0.39, 0.29) is 31.5 Å². The summed E-state index contributed by atoms with van der Waals surface area (Å²) >= 11 is 0. The Hall–Kier alpha value is -2.96. The smallest absolute Gasteiger partial charge is 0.162 e. The molecule has 0 spiro atoms. The van der Waals surface area contributed by atoms with Crippen LogP contribution >= 0.6 is 0 Å². The predicted molar refractivity (Wildman–Crippen MR) is 107 cm³/mol. The van der Waals surface area contributed by atoms with Crippen molar-refractivity contribution in [2.75, 3.05) is 13.2 Å². The van der Waals surface area contributed by atoms with Crippen LogP contribution in [0.3, 0.4) is 0 Å². The SMILES string of the molecule is OCCNCc1ccc(OCc2ccc(F)cc2)c(OCc2ccc(F)cc2)c1. The molecule has 0 saturated carbocycles. The maximum atomic E-state index is 13.1. The fourth-order valence-electron chi connectivity index (χ4n) is 2.69. The topological polar surface area (TPSA) is 50.7 Å². The van der Waals surface area contributed by atoms with Crippen molar-refractivity contribution in [2.45, 2.75) is 19.8 Å². The van der Waals surface area contributed by atoms with Crippen molar-refractivity contribution in [3.05, 3.63) is 95.1 Å². The van der Waals surface area contributed by atoms with Gasteiger partial charge in [-0.2, -0.15) is 0 Å². The van der Waals surface area contributed by atoms with E-state index in [9.17, 15) is 8.78 Å². The lowest BCUT2D eigenvalue weighted by molar-refractivity contribution is 0.255. The fraction of sp³-hybridized carbons (Fsp3) is 0.217. The number of halogens is 2. The second kappa shape index (κ2) is 10.5. The second-order valence-electron chi connectivity index (χ2n) is 6.51. The number of hydrogen-bond acceptors (Lipinski definition) is 4. The molecule has 3 aromatic rings. The third-order valence-electron chi connectivity index (χ3n) is 4.24. The van der Waals surface area contributed by atoms with Gasteiger partial charge in [0.15, 0.2) is 11.5 Å². The minimum atomic E-state index is -0.297. The number of nitrogens with one attached hydrogen (secondary N) is 1. The minimum absolute atomic E-state index is 0.0623. The molecule has 0 radical (unpaired) electrons. The van der Waals surface area contributed by atoms with Gasteiger partial charge in [0.05, 0.1) is 6.61 Å². The lowest BCUT2D eigenvalue weighted by Gasteiger charge is -2.15. The quantitative estimate of drug-likeness (QED) is 0.502. The van der Waals surface area contributed by atoms with E-state index in [4.69, 9.17) is 14.6 Å². The van der Waals surface area contributed by atoms with E-state index in [0.29, 0.717) is 24.6 Å². The van der Waals surface area contributed by atoms with Gasteiger partial charge < -0.3 is 19.9 Å². The molecule has 0 aromatic heterocycles. The zero-order valence-corrected chi connectivity index (χ0v) is 15.9. The van der Waals surface area contributed by atoms with Crippen LogP contribution < -0.4 is 14.8 Å². The average Bonchev–Trinajstić information content (AvgIpc) is 2.74. The van der Waals surface area contributed by atoms with E-state index in [1.165, 1.54) is 24.3 Å². The zero-order valence-electron chi connectivity index (χ0n) is 15.9. The summed E-state index contributed by atoms with van der Waals surface area (Å²) in [4.78, 5) is 0. The van der Waals surface area contributed by atoms with Gasteiger partial charge in [0.1, 0.15) is 24.8 Å². The molecule has 2 N–H and O–H groups in total. The van der Waals surface area contributed by atoms with Crippen molar-refractivity contribution in [2.24, 2.45) is 0 Å². The van der Waals surface area contributed by atoms with Crippen molar-refractivity contribution in [3.63, 3.8) is 0 Å². The van der Waals surface area contributed by atoms with Crippen LogP contribution in [0.15, 0.2) is 66.7 Å². The lowest BCUT2D eigenvalue weighted by Crippen LogP contribution is -2.17. The first kappa shape index (κ1) is 20.8. The molecule has 6 heteroatoms. The van der Waals surface area contributed by atoms with E-state index >= 15 is 0 Å². The molecule has 4 nitrogen and oxygen atoms in total. The Kier molecular flexibility index (Phi) is 7.55. The molecule has 0 aliphatic carbocycles.